The van der Waals surface area contributed by atoms with Gasteiger partial charge in [0.15, 0.2) is 0 Å². The van der Waals surface area contributed by atoms with Crippen molar-refractivity contribution in [3.05, 3.63) is 45.2 Å². The molecule has 0 unspecified atom stereocenters. The third kappa shape index (κ3) is 2.56. The molecule has 0 aliphatic heterocycles. The van der Waals surface area contributed by atoms with Crippen LogP contribution in [0.2, 0.25) is 0 Å². The number of nitrogens with zero attached hydrogens (tertiary/aromatic N) is 1. The number of aromatic nitrogens is 1. The third-order valence-electron chi connectivity index (χ3n) is 2.53. The predicted molar refractivity (Wildman–Crippen MR) is 70.7 cm³/mol. The second kappa shape index (κ2) is 4.86. The van der Waals surface area contributed by atoms with Gasteiger partial charge in [-0.05, 0) is 44.5 Å². The molecule has 1 aromatic carbocycles. The van der Waals surface area contributed by atoms with Gasteiger partial charge in [0.2, 0.25) is 0 Å². The van der Waals surface area contributed by atoms with Crippen LogP contribution in [-0.4, -0.2) is 10.9 Å². The standard InChI is InChI=1S/C13H13FN2OS/c1-7-6-10(4-5-11(7)14)16-13(17)12-8(2)15-9(3)18-12/h4-6H,1-3H3,(H,16,17). The summed E-state index contributed by atoms with van der Waals surface area (Å²) in [7, 11) is 0. The number of rotatable bonds is 2. The van der Waals surface area contributed by atoms with Crippen molar-refractivity contribution in [2.45, 2.75) is 20.8 Å². The molecule has 3 nitrogen and oxygen atoms in total. The van der Waals surface area contributed by atoms with E-state index in [0.717, 1.165) is 5.01 Å². The van der Waals surface area contributed by atoms with Gasteiger partial charge in [0.05, 0.1) is 10.7 Å². The Hall–Kier alpha value is -1.75. The van der Waals surface area contributed by atoms with Crippen molar-refractivity contribution in [1.29, 1.82) is 0 Å². The number of nitrogens with one attached hydrogen (secondary N) is 1. The Balaban J connectivity index is 2.21. The molecule has 5 heteroatoms. The first-order chi connectivity index (χ1) is 8.47. The van der Waals surface area contributed by atoms with Crippen molar-refractivity contribution in [3.8, 4) is 0 Å². The van der Waals surface area contributed by atoms with Gasteiger partial charge in [-0.15, -0.1) is 11.3 Å². The summed E-state index contributed by atoms with van der Waals surface area (Å²) in [6.07, 6.45) is 0. The molecule has 0 bridgehead atoms. The van der Waals surface area contributed by atoms with Crippen LogP contribution in [-0.2, 0) is 0 Å². The van der Waals surface area contributed by atoms with Crippen LogP contribution in [0.5, 0.6) is 0 Å². The average molecular weight is 264 g/mol. The maximum atomic E-state index is 13.1. The summed E-state index contributed by atoms with van der Waals surface area (Å²) in [6.45, 7) is 5.32. The zero-order chi connectivity index (χ0) is 13.3. The number of halogens is 1. The van der Waals surface area contributed by atoms with Crippen LogP contribution in [0.3, 0.4) is 0 Å². The Morgan fingerprint density at radius 3 is 2.61 bits per heavy atom. The second-order valence-electron chi connectivity index (χ2n) is 4.07. The molecule has 0 atom stereocenters. The van der Waals surface area contributed by atoms with Crippen molar-refractivity contribution in [2.24, 2.45) is 0 Å². The van der Waals surface area contributed by atoms with Crippen molar-refractivity contribution in [3.63, 3.8) is 0 Å². The van der Waals surface area contributed by atoms with Gasteiger partial charge in [-0.25, -0.2) is 9.37 Å². The number of aryl methyl sites for hydroxylation is 3. The first-order valence-corrected chi connectivity index (χ1v) is 6.30. The van der Waals surface area contributed by atoms with Crippen LogP contribution in [0.15, 0.2) is 18.2 Å². The van der Waals surface area contributed by atoms with E-state index in [9.17, 15) is 9.18 Å². The highest BCUT2D eigenvalue weighted by atomic mass is 32.1. The van der Waals surface area contributed by atoms with E-state index < -0.39 is 0 Å². The van der Waals surface area contributed by atoms with E-state index in [2.05, 4.69) is 10.3 Å². The van der Waals surface area contributed by atoms with E-state index in [-0.39, 0.29) is 11.7 Å². The summed E-state index contributed by atoms with van der Waals surface area (Å²) in [6, 6.07) is 4.50. The highest BCUT2D eigenvalue weighted by molar-refractivity contribution is 7.13. The van der Waals surface area contributed by atoms with Crippen LogP contribution < -0.4 is 5.32 Å². The Bertz CT molecular complexity index is 607. The molecule has 0 fully saturated rings. The largest absolute Gasteiger partial charge is 0.321 e. The number of benzene rings is 1. The summed E-state index contributed by atoms with van der Waals surface area (Å²) in [5.74, 6) is -0.484. The lowest BCUT2D eigenvalue weighted by Gasteiger charge is -2.05. The lowest BCUT2D eigenvalue weighted by molar-refractivity contribution is 0.103. The fourth-order valence-corrected chi connectivity index (χ4v) is 2.47. The molecule has 1 amide bonds. The van der Waals surface area contributed by atoms with Crippen molar-refractivity contribution >= 4 is 22.9 Å². The number of hydrogen-bond donors (Lipinski definition) is 1. The molecule has 1 heterocycles. The van der Waals surface area contributed by atoms with Crippen molar-refractivity contribution in [1.82, 2.24) is 4.98 Å². The van der Waals surface area contributed by atoms with Gasteiger partial charge >= 0.3 is 0 Å². The zero-order valence-electron chi connectivity index (χ0n) is 10.4. The van der Waals surface area contributed by atoms with Gasteiger partial charge in [-0.1, -0.05) is 0 Å². The number of carbonyl (C=O) groups is 1. The number of thiazole rings is 1. The van der Waals surface area contributed by atoms with Crippen LogP contribution in [0.1, 0.15) is 25.9 Å². The Labute approximate surface area is 109 Å². The first-order valence-electron chi connectivity index (χ1n) is 5.49. The molecule has 0 saturated heterocycles. The number of hydrogen-bond acceptors (Lipinski definition) is 3. The van der Waals surface area contributed by atoms with E-state index in [4.69, 9.17) is 0 Å². The molecule has 0 spiro atoms. The lowest BCUT2D eigenvalue weighted by atomic mass is 10.2. The van der Waals surface area contributed by atoms with Gasteiger partial charge in [-0.3, -0.25) is 4.79 Å². The molecular formula is C13H13FN2OS. The van der Waals surface area contributed by atoms with E-state index in [1.165, 1.54) is 17.4 Å². The normalized spacial score (nSPS) is 10.4. The third-order valence-corrected chi connectivity index (χ3v) is 3.60. The van der Waals surface area contributed by atoms with E-state index in [1.807, 2.05) is 6.92 Å². The van der Waals surface area contributed by atoms with Crippen molar-refractivity contribution in [2.75, 3.05) is 5.32 Å². The Morgan fingerprint density at radius 1 is 1.33 bits per heavy atom. The minimum Gasteiger partial charge on any atom is -0.321 e. The maximum Gasteiger partial charge on any atom is 0.267 e. The molecule has 1 N–H and O–H groups in total. The fourth-order valence-electron chi connectivity index (χ4n) is 1.65. The monoisotopic (exact) mass is 264 g/mol. The van der Waals surface area contributed by atoms with E-state index in [1.54, 1.807) is 26.0 Å². The predicted octanol–water partition coefficient (Wildman–Crippen LogP) is 3.46. The topological polar surface area (TPSA) is 42.0 Å². The SMILES string of the molecule is Cc1nc(C)c(C(=O)Nc2ccc(F)c(C)c2)s1. The molecule has 0 aliphatic carbocycles. The molecule has 0 aliphatic rings. The molecule has 2 aromatic rings. The van der Waals surface area contributed by atoms with Gasteiger partial charge in [0.1, 0.15) is 10.7 Å². The number of anilines is 1. The van der Waals surface area contributed by atoms with Crippen LogP contribution in [0, 0.1) is 26.6 Å². The molecule has 1 aromatic heterocycles. The maximum absolute atomic E-state index is 13.1. The van der Waals surface area contributed by atoms with E-state index in [0.29, 0.717) is 21.8 Å². The number of carbonyl (C=O) groups excluding carboxylic acids is 1. The smallest absolute Gasteiger partial charge is 0.267 e. The minimum absolute atomic E-state index is 0.205. The zero-order valence-corrected chi connectivity index (χ0v) is 11.2. The number of amides is 1. The van der Waals surface area contributed by atoms with Gasteiger partial charge in [-0.2, -0.15) is 0 Å². The van der Waals surface area contributed by atoms with Gasteiger partial charge in [0, 0.05) is 5.69 Å². The second-order valence-corrected chi connectivity index (χ2v) is 5.27. The molecular weight excluding hydrogens is 251 g/mol. The Kier molecular flexibility index (Phi) is 3.43. The summed E-state index contributed by atoms with van der Waals surface area (Å²) in [4.78, 5) is 16.8. The van der Waals surface area contributed by atoms with Crippen LogP contribution >= 0.6 is 11.3 Å². The fraction of sp³-hybridized carbons (Fsp3) is 0.231. The highest BCUT2D eigenvalue weighted by Crippen LogP contribution is 2.20. The average Bonchev–Trinajstić information content (AvgIpc) is 2.63. The van der Waals surface area contributed by atoms with Crippen molar-refractivity contribution < 1.29 is 9.18 Å². The van der Waals surface area contributed by atoms with Crippen LogP contribution in [0.4, 0.5) is 10.1 Å². The quantitative estimate of drug-likeness (QED) is 0.902. The molecule has 2 rings (SSSR count). The molecule has 18 heavy (non-hydrogen) atoms. The summed E-state index contributed by atoms with van der Waals surface area (Å²) < 4.78 is 13.1. The lowest BCUT2D eigenvalue weighted by Crippen LogP contribution is -2.11. The van der Waals surface area contributed by atoms with Gasteiger partial charge < -0.3 is 5.32 Å². The summed E-state index contributed by atoms with van der Waals surface area (Å²) >= 11 is 1.35. The molecule has 0 radical (unpaired) electrons. The summed E-state index contributed by atoms with van der Waals surface area (Å²) in [5.41, 5.74) is 1.81. The molecule has 0 saturated carbocycles. The van der Waals surface area contributed by atoms with Gasteiger partial charge in [0.25, 0.3) is 5.91 Å². The Morgan fingerprint density at radius 2 is 2.06 bits per heavy atom. The minimum atomic E-state index is -0.280. The highest BCUT2D eigenvalue weighted by Gasteiger charge is 2.14. The van der Waals surface area contributed by atoms with E-state index >= 15 is 0 Å². The van der Waals surface area contributed by atoms with Crippen LogP contribution in [0.25, 0.3) is 0 Å². The molecule has 94 valence electrons. The first kappa shape index (κ1) is 12.7. The summed E-state index contributed by atoms with van der Waals surface area (Å²) in [5, 5.41) is 3.60.